The number of benzene rings is 1. The number of cyclic esters (lactones) is 1. The van der Waals surface area contributed by atoms with Gasteiger partial charge in [-0.05, 0) is 63.0 Å². The Morgan fingerprint density at radius 3 is 2.67 bits per heavy atom. The number of anilines is 1. The van der Waals surface area contributed by atoms with Crippen molar-refractivity contribution in [2.75, 3.05) is 37.7 Å². The first-order chi connectivity index (χ1) is 11.8. The van der Waals surface area contributed by atoms with Gasteiger partial charge in [0.2, 0.25) is 0 Å². The van der Waals surface area contributed by atoms with Crippen LogP contribution in [0.4, 0.5) is 10.5 Å². The third-order valence-corrected chi connectivity index (χ3v) is 5.60. The minimum absolute atomic E-state index is 0.261. The summed E-state index contributed by atoms with van der Waals surface area (Å²) in [5, 5.41) is 0. The van der Waals surface area contributed by atoms with Crippen molar-refractivity contribution in [3.63, 3.8) is 0 Å². The molecule has 3 saturated heterocycles. The van der Waals surface area contributed by atoms with E-state index < -0.39 is 0 Å². The molecule has 3 heterocycles. The summed E-state index contributed by atoms with van der Waals surface area (Å²) < 4.78 is 11.1. The molecule has 1 amide bonds. The van der Waals surface area contributed by atoms with Crippen LogP contribution in [-0.4, -0.2) is 49.9 Å². The summed E-state index contributed by atoms with van der Waals surface area (Å²) in [7, 11) is 0. The molecular formula is C19H26N2O3. The SMILES string of the molecule is O=C1OCCN1c1ccc(OC[C@@H]2CCCN3CCCC[C@H]23)cc1. The van der Waals surface area contributed by atoms with Gasteiger partial charge in [-0.1, -0.05) is 6.42 Å². The molecule has 2 atom stereocenters. The molecular weight excluding hydrogens is 304 g/mol. The molecule has 0 N–H and O–H groups in total. The Bertz CT molecular complexity index is 572. The van der Waals surface area contributed by atoms with Crippen LogP contribution < -0.4 is 9.64 Å². The van der Waals surface area contributed by atoms with E-state index in [1.807, 2.05) is 24.3 Å². The number of carbonyl (C=O) groups excluding carboxylic acids is 1. The lowest BCUT2D eigenvalue weighted by Gasteiger charge is -2.44. The maximum Gasteiger partial charge on any atom is 0.414 e. The van der Waals surface area contributed by atoms with Crippen LogP contribution in [0.15, 0.2) is 24.3 Å². The molecule has 0 aliphatic carbocycles. The summed E-state index contributed by atoms with van der Waals surface area (Å²) in [5.74, 6) is 1.53. The topological polar surface area (TPSA) is 42.0 Å². The number of ether oxygens (including phenoxy) is 2. The average molecular weight is 330 g/mol. The fourth-order valence-electron chi connectivity index (χ4n) is 4.33. The molecule has 24 heavy (non-hydrogen) atoms. The highest BCUT2D eigenvalue weighted by molar-refractivity contribution is 5.89. The van der Waals surface area contributed by atoms with Crippen LogP contribution in [0.2, 0.25) is 0 Å². The molecule has 3 fully saturated rings. The Kier molecular flexibility index (Phi) is 4.60. The average Bonchev–Trinajstić information content (AvgIpc) is 3.06. The van der Waals surface area contributed by atoms with Gasteiger partial charge in [0.05, 0.1) is 13.2 Å². The largest absolute Gasteiger partial charge is 0.493 e. The van der Waals surface area contributed by atoms with Crippen LogP contribution in [0.1, 0.15) is 32.1 Å². The second-order valence-corrected chi connectivity index (χ2v) is 7.07. The fourth-order valence-corrected chi connectivity index (χ4v) is 4.33. The standard InChI is InChI=1S/C19H26N2O3/c22-19-21(12-13-23-19)16-6-8-17(9-7-16)24-14-15-4-3-11-20-10-2-1-5-18(15)20/h6-9,15,18H,1-5,10-14H2/t15-,18+/m0/s1. The second-order valence-electron chi connectivity index (χ2n) is 7.07. The fraction of sp³-hybridized carbons (Fsp3) is 0.632. The number of fused-ring (bicyclic) bond motifs is 1. The normalized spacial score (nSPS) is 27.7. The van der Waals surface area contributed by atoms with Gasteiger partial charge in [0.15, 0.2) is 0 Å². The Morgan fingerprint density at radius 1 is 1.04 bits per heavy atom. The maximum absolute atomic E-state index is 11.6. The van der Waals surface area contributed by atoms with Gasteiger partial charge in [0.1, 0.15) is 12.4 Å². The zero-order valence-electron chi connectivity index (χ0n) is 14.2. The van der Waals surface area contributed by atoms with Gasteiger partial charge in [0.25, 0.3) is 0 Å². The van der Waals surface area contributed by atoms with Gasteiger partial charge in [-0.25, -0.2) is 4.79 Å². The third-order valence-electron chi connectivity index (χ3n) is 5.60. The lowest BCUT2D eigenvalue weighted by atomic mass is 9.84. The van der Waals surface area contributed by atoms with Crippen LogP contribution in [0.5, 0.6) is 5.75 Å². The van der Waals surface area contributed by atoms with E-state index in [1.54, 1.807) is 4.90 Å². The Labute approximate surface area is 143 Å². The molecule has 0 aromatic heterocycles. The number of piperidine rings is 2. The first-order valence-corrected chi connectivity index (χ1v) is 9.22. The van der Waals surface area contributed by atoms with E-state index in [1.165, 1.54) is 45.2 Å². The van der Waals surface area contributed by atoms with E-state index in [0.29, 0.717) is 25.1 Å². The van der Waals surface area contributed by atoms with Crippen LogP contribution in [0.3, 0.4) is 0 Å². The molecule has 5 heteroatoms. The molecule has 130 valence electrons. The van der Waals surface area contributed by atoms with Gasteiger partial charge in [0, 0.05) is 17.6 Å². The number of hydrogen-bond donors (Lipinski definition) is 0. The first-order valence-electron chi connectivity index (χ1n) is 9.22. The van der Waals surface area contributed by atoms with Crippen molar-refractivity contribution < 1.29 is 14.3 Å². The van der Waals surface area contributed by atoms with Crippen LogP contribution in [-0.2, 0) is 4.74 Å². The zero-order valence-corrected chi connectivity index (χ0v) is 14.2. The quantitative estimate of drug-likeness (QED) is 0.849. The number of rotatable bonds is 4. The monoisotopic (exact) mass is 330 g/mol. The highest BCUT2D eigenvalue weighted by atomic mass is 16.6. The number of amides is 1. The molecule has 5 nitrogen and oxygen atoms in total. The summed E-state index contributed by atoms with van der Waals surface area (Å²) in [6.45, 7) is 4.42. The van der Waals surface area contributed by atoms with Gasteiger partial charge in [-0.3, -0.25) is 9.80 Å². The van der Waals surface area contributed by atoms with Gasteiger partial charge >= 0.3 is 6.09 Å². The van der Waals surface area contributed by atoms with Crippen molar-refractivity contribution >= 4 is 11.8 Å². The summed E-state index contributed by atoms with van der Waals surface area (Å²) in [6.07, 6.45) is 6.34. The molecule has 1 aromatic carbocycles. The van der Waals surface area contributed by atoms with Crippen molar-refractivity contribution in [3.8, 4) is 5.75 Å². The molecule has 3 aliphatic heterocycles. The molecule has 0 bridgehead atoms. The summed E-state index contributed by atoms with van der Waals surface area (Å²) in [4.78, 5) is 15.9. The molecule has 3 aliphatic rings. The minimum Gasteiger partial charge on any atom is -0.493 e. The van der Waals surface area contributed by atoms with Crippen molar-refractivity contribution in [1.82, 2.24) is 4.90 Å². The summed E-state index contributed by atoms with van der Waals surface area (Å²) in [6, 6.07) is 8.52. The molecule has 0 radical (unpaired) electrons. The third kappa shape index (κ3) is 3.22. The summed E-state index contributed by atoms with van der Waals surface area (Å²) >= 11 is 0. The molecule has 0 unspecified atom stereocenters. The van der Waals surface area contributed by atoms with Crippen LogP contribution in [0.25, 0.3) is 0 Å². The zero-order chi connectivity index (χ0) is 16.4. The Morgan fingerprint density at radius 2 is 1.88 bits per heavy atom. The summed E-state index contributed by atoms with van der Waals surface area (Å²) in [5.41, 5.74) is 0.876. The predicted molar refractivity (Wildman–Crippen MR) is 92.6 cm³/mol. The van der Waals surface area contributed by atoms with E-state index >= 15 is 0 Å². The lowest BCUT2D eigenvalue weighted by Crippen LogP contribution is -2.49. The van der Waals surface area contributed by atoms with E-state index in [4.69, 9.17) is 9.47 Å². The Balaban J connectivity index is 1.34. The van der Waals surface area contributed by atoms with E-state index in [0.717, 1.165) is 18.0 Å². The molecule has 4 rings (SSSR count). The van der Waals surface area contributed by atoms with E-state index in [9.17, 15) is 4.79 Å². The van der Waals surface area contributed by atoms with Crippen molar-refractivity contribution in [2.45, 2.75) is 38.1 Å². The van der Waals surface area contributed by atoms with E-state index in [-0.39, 0.29) is 6.09 Å². The smallest absolute Gasteiger partial charge is 0.414 e. The maximum atomic E-state index is 11.6. The van der Waals surface area contributed by atoms with Gasteiger partial charge < -0.3 is 9.47 Å². The van der Waals surface area contributed by atoms with Crippen molar-refractivity contribution in [2.24, 2.45) is 5.92 Å². The number of carbonyl (C=O) groups is 1. The van der Waals surface area contributed by atoms with Crippen molar-refractivity contribution in [3.05, 3.63) is 24.3 Å². The van der Waals surface area contributed by atoms with Gasteiger partial charge in [-0.2, -0.15) is 0 Å². The molecule has 0 spiro atoms. The van der Waals surface area contributed by atoms with Crippen molar-refractivity contribution in [1.29, 1.82) is 0 Å². The minimum atomic E-state index is -0.261. The second kappa shape index (κ2) is 7.01. The Hall–Kier alpha value is -1.75. The highest BCUT2D eigenvalue weighted by Gasteiger charge is 2.33. The van der Waals surface area contributed by atoms with Gasteiger partial charge in [-0.15, -0.1) is 0 Å². The molecule has 1 aromatic rings. The first kappa shape index (κ1) is 15.8. The van der Waals surface area contributed by atoms with E-state index in [2.05, 4.69) is 4.90 Å². The predicted octanol–water partition coefficient (Wildman–Crippen LogP) is 3.29. The van der Waals surface area contributed by atoms with Crippen LogP contribution >= 0.6 is 0 Å². The lowest BCUT2D eigenvalue weighted by molar-refractivity contribution is 0.0366. The van der Waals surface area contributed by atoms with Crippen LogP contribution in [0, 0.1) is 5.92 Å². The molecule has 0 saturated carbocycles. The number of hydrogen-bond acceptors (Lipinski definition) is 4. The highest BCUT2D eigenvalue weighted by Crippen LogP contribution is 2.31. The number of nitrogens with zero attached hydrogens (tertiary/aromatic N) is 2.